The molecule has 0 bridgehead atoms. The second-order valence-electron chi connectivity index (χ2n) is 1.99. The topological polar surface area (TPSA) is 34.1 Å². The molecule has 0 aliphatic carbocycles. The summed E-state index contributed by atoms with van der Waals surface area (Å²) in [5, 5.41) is 0.604. The van der Waals surface area contributed by atoms with Crippen molar-refractivity contribution in [1.82, 2.24) is 0 Å². The van der Waals surface area contributed by atoms with Gasteiger partial charge in [0.2, 0.25) is 0 Å². The number of sulfone groups is 1. The zero-order valence-corrected chi connectivity index (χ0v) is 8.73. The lowest BCUT2D eigenvalue weighted by atomic mass is 10.4. The van der Waals surface area contributed by atoms with Gasteiger partial charge in [-0.3, -0.25) is 0 Å². The molecule has 1 atom stereocenters. The number of halogens is 4. The summed E-state index contributed by atoms with van der Waals surface area (Å²) in [5.41, 5.74) is 0. The Morgan fingerprint density at radius 3 is 2.00 bits per heavy atom. The maximum Gasteiger partial charge on any atom is 0.193 e. The number of hydrogen-bond acceptors (Lipinski definition) is 2. The fourth-order valence-corrected chi connectivity index (χ4v) is 3.59. The van der Waals surface area contributed by atoms with Crippen molar-refractivity contribution in [1.29, 1.82) is 0 Å². The van der Waals surface area contributed by atoms with E-state index in [9.17, 15) is 8.42 Å². The average Bonchev–Trinajstić information content (AvgIpc) is 1.94. The van der Waals surface area contributed by atoms with Crippen LogP contribution in [0, 0.1) is 0 Å². The summed E-state index contributed by atoms with van der Waals surface area (Å²) in [6.45, 7) is 0. The lowest BCUT2D eigenvalue weighted by Gasteiger charge is -2.15. The van der Waals surface area contributed by atoms with E-state index < -0.39 is 18.9 Å². The van der Waals surface area contributed by atoms with E-state index in [1.807, 2.05) is 0 Å². The van der Waals surface area contributed by atoms with Crippen molar-refractivity contribution >= 4 is 56.2 Å². The molecule has 0 saturated heterocycles. The van der Waals surface area contributed by atoms with Crippen LogP contribution < -0.4 is 0 Å². The van der Waals surface area contributed by atoms with Gasteiger partial charge in [0.15, 0.2) is 18.9 Å². The summed E-state index contributed by atoms with van der Waals surface area (Å²) < 4.78 is 18.7. The highest BCUT2D eigenvalue weighted by atomic mass is 35.5. The summed E-state index contributed by atoms with van der Waals surface area (Å²) >= 11 is 21.8. The van der Waals surface area contributed by atoms with Crippen LogP contribution in [0.3, 0.4) is 0 Å². The van der Waals surface area contributed by atoms with Gasteiger partial charge in [-0.1, -0.05) is 34.8 Å². The first-order valence-corrected chi connectivity index (χ1v) is 5.60. The molecular weight excluding hydrogens is 254 g/mol. The van der Waals surface area contributed by atoms with E-state index in [0.29, 0.717) is 0 Å². The summed E-state index contributed by atoms with van der Waals surface area (Å²) in [5.74, 6) is 0. The lowest BCUT2D eigenvalue weighted by molar-refractivity contribution is 0.602. The predicted molar refractivity (Wildman–Crippen MR) is 46.9 cm³/mol. The number of rotatable bonds is 0. The van der Waals surface area contributed by atoms with Crippen LogP contribution in [0.15, 0.2) is 10.4 Å². The number of allylic oxidation sites excluding steroid dienone is 1. The first kappa shape index (κ1) is 9.93. The second kappa shape index (κ2) is 2.67. The molecule has 0 amide bonds. The monoisotopic (exact) mass is 254 g/mol. The highest BCUT2D eigenvalue weighted by Crippen LogP contribution is 2.47. The first-order valence-electron chi connectivity index (χ1n) is 2.42. The summed E-state index contributed by atoms with van der Waals surface area (Å²) in [7, 11) is -3.57. The van der Waals surface area contributed by atoms with E-state index in [1.165, 1.54) is 0 Å². The van der Waals surface area contributed by atoms with Crippen LogP contribution in [0.5, 0.6) is 0 Å². The molecule has 11 heavy (non-hydrogen) atoms. The molecule has 0 aromatic rings. The molecule has 1 rings (SSSR count). The SMILES string of the molecule is O=S1(=O)C=C(Cl)C(Cl)(Cl)C1Cl. The Bertz CT molecular complexity index is 304. The van der Waals surface area contributed by atoms with Crippen LogP contribution in [0.2, 0.25) is 0 Å². The zero-order valence-electron chi connectivity index (χ0n) is 4.89. The molecular formula is C4H2Cl4O2S. The maximum absolute atomic E-state index is 10.9. The van der Waals surface area contributed by atoms with Crippen molar-refractivity contribution in [2.75, 3.05) is 0 Å². The Labute approximate surface area is 84.0 Å². The highest BCUT2D eigenvalue weighted by molar-refractivity contribution is 7.96. The third-order valence-electron chi connectivity index (χ3n) is 1.16. The van der Waals surface area contributed by atoms with Gasteiger partial charge in [-0.15, -0.1) is 11.6 Å². The molecule has 0 aromatic heterocycles. The highest BCUT2D eigenvalue weighted by Gasteiger charge is 2.50. The van der Waals surface area contributed by atoms with Crippen molar-refractivity contribution in [2.24, 2.45) is 0 Å². The molecule has 64 valence electrons. The van der Waals surface area contributed by atoms with Crippen molar-refractivity contribution in [3.05, 3.63) is 10.4 Å². The van der Waals surface area contributed by atoms with Crippen LogP contribution >= 0.6 is 46.4 Å². The molecule has 1 aliphatic heterocycles. The van der Waals surface area contributed by atoms with Crippen LogP contribution in [0.1, 0.15) is 0 Å². The van der Waals surface area contributed by atoms with E-state index in [1.54, 1.807) is 0 Å². The van der Waals surface area contributed by atoms with Crippen LogP contribution in [0.4, 0.5) is 0 Å². The molecule has 7 heteroatoms. The van der Waals surface area contributed by atoms with Crippen LogP contribution in [0.25, 0.3) is 0 Å². The summed E-state index contributed by atoms with van der Waals surface area (Å²) in [4.78, 5) is 0. The van der Waals surface area contributed by atoms with Gasteiger partial charge >= 0.3 is 0 Å². The predicted octanol–water partition coefficient (Wildman–Crippen LogP) is 2.23. The van der Waals surface area contributed by atoms with Crippen molar-refractivity contribution in [2.45, 2.75) is 9.04 Å². The molecule has 0 N–H and O–H groups in total. The van der Waals surface area contributed by atoms with Crippen molar-refractivity contribution < 1.29 is 8.42 Å². The van der Waals surface area contributed by atoms with Crippen molar-refractivity contribution in [3.63, 3.8) is 0 Å². The van der Waals surface area contributed by atoms with E-state index >= 15 is 0 Å². The smallest absolute Gasteiger partial charge is 0.193 e. The Kier molecular flexibility index (Phi) is 2.41. The van der Waals surface area contributed by atoms with Gasteiger partial charge in [0, 0.05) is 0 Å². The zero-order chi connectivity index (χ0) is 8.86. The Morgan fingerprint density at radius 2 is 1.91 bits per heavy atom. The van der Waals surface area contributed by atoms with Gasteiger partial charge in [-0.25, -0.2) is 8.42 Å². The molecule has 0 radical (unpaired) electrons. The van der Waals surface area contributed by atoms with Gasteiger partial charge in [0.05, 0.1) is 10.4 Å². The normalized spacial score (nSPS) is 33.5. The van der Waals surface area contributed by atoms with E-state index in [2.05, 4.69) is 0 Å². The molecule has 0 aromatic carbocycles. The van der Waals surface area contributed by atoms with Gasteiger partial charge < -0.3 is 0 Å². The molecule has 0 spiro atoms. The first-order chi connectivity index (χ1) is 4.78. The van der Waals surface area contributed by atoms with Gasteiger partial charge in [-0.05, 0) is 0 Å². The van der Waals surface area contributed by atoms with Gasteiger partial charge in [0.25, 0.3) is 0 Å². The van der Waals surface area contributed by atoms with Crippen molar-refractivity contribution in [3.8, 4) is 0 Å². The van der Waals surface area contributed by atoms with E-state index in [-0.39, 0.29) is 5.03 Å². The fraction of sp³-hybridized carbons (Fsp3) is 0.500. The van der Waals surface area contributed by atoms with E-state index in [4.69, 9.17) is 46.4 Å². The van der Waals surface area contributed by atoms with E-state index in [0.717, 1.165) is 5.41 Å². The summed E-state index contributed by atoms with van der Waals surface area (Å²) in [6.07, 6.45) is 0. The Morgan fingerprint density at radius 1 is 1.45 bits per heavy atom. The second-order valence-corrected chi connectivity index (χ2v) is 6.37. The molecule has 1 aliphatic rings. The Balaban J connectivity index is 3.25. The third-order valence-corrected chi connectivity index (χ3v) is 5.78. The Hall–Kier alpha value is 0.850. The molecule has 2 nitrogen and oxygen atoms in total. The molecule has 1 heterocycles. The third kappa shape index (κ3) is 1.49. The maximum atomic E-state index is 10.9. The quantitative estimate of drug-likeness (QED) is 0.623. The minimum atomic E-state index is -3.57. The van der Waals surface area contributed by atoms with Gasteiger partial charge in [0.1, 0.15) is 0 Å². The molecule has 1 unspecified atom stereocenters. The standard InChI is InChI=1S/C4H2Cl4O2S/c5-2-1-11(9,10)3(6)4(2,7)8/h1,3H. The van der Waals surface area contributed by atoms with Gasteiger partial charge in [-0.2, -0.15) is 0 Å². The minimum absolute atomic E-state index is 0.166. The van der Waals surface area contributed by atoms with Crippen LogP contribution in [-0.4, -0.2) is 17.5 Å². The minimum Gasteiger partial charge on any atom is -0.223 e. The molecule has 0 saturated carbocycles. The lowest BCUT2D eigenvalue weighted by Crippen LogP contribution is -2.26. The summed E-state index contributed by atoms with van der Waals surface area (Å²) in [6, 6.07) is 0. The largest absolute Gasteiger partial charge is 0.223 e. The molecule has 0 fully saturated rings. The number of hydrogen-bond donors (Lipinski definition) is 0. The number of alkyl halides is 3. The van der Waals surface area contributed by atoms with Crippen LogP contribution in [-0.2, 0) is 9.84 Å². The average molecular weight is 256 g/mol. The fourth-order valence-electron chi connectivity index (χ4n) is 0.597.